The Morgan fingerprint density at radius 3 is 2.45 bits per heavy atom. The molecule has 0 aliphatic carbocycles. The zero-order valence-electron chi connectivity index (χ0n) is 19.3. The molecule has 29 heavy (non-hydrogen) atoms. The molecule has 0 saturated carbocycles. The molecule has 168 valence electrons. The molecule has 0 aromatic carbocycles. The van der Waals surface area contributed by atoms with Crippen molar-refractivity contribution in [3.05, 3.63) is 0 Å². The van der Waals surface area contributed by atoms with E-state index in [1.807, 2.05) is 0 Å². The van der Waals surface area contributed by atoms with Crippen molar-refractivity contribution in [3.63, 3.8) is 0 Å². The van der Waals surface area contributed by atoms with Gasteiger partial charge in [-0.25, -0.2) is 0 Å². The first-order valence-electron chi connectivity index (χ1n) is 12.1. The van der Waals surface area contributed by atoms with E-state index in [9.17, 15) is 0 Å². The third-order valence-electron chi connectivity index (χ3n) is 7.38. The van der Waals surface area contributed by atoms with Crippen LogP contribution in [0.15, 0.2) is 4.99 Å². The molecule has 1 N–H and O–H groups in total. The van der Waals surface area contributed by atoms with E-state index in [4.69, 9.17) is 9.73 Å². The van der Waals surface area contributed by atoms with Crippen molar-refractivity contribution in [2.24, 2.45) is 10.9 Å². The van der Waals surface area contributed by atoms with Gasteiger partial charge in [0.25, 0.3) is 0 Å². The van der Waals surface area contributed by atoms with Crippen molar-refractivity contribution in [1.29, 1.82) is 0 Å². The lowest BCUT2D eigenvalue weighted by Crippen LogP contribution is -2.58. The number of ether oxygens (including phenoxy) is 1. The number of rotatable bonds is 7. The summed E-state index contributed by atoms with van der Waals surface area (Å²) in [5.41, 5.74) is 0.259. The minimum absolute atomic E-state index is 0.259. The third-order valence-corrected chi connectivity index (χ3v) is 7.38. The predicted molar refractivity (Wildman–Crippen MR) is 122 cm³/mol. The number of nitrogens with one attached hydrogen (secondary N) is 1. The van der Waals surface area contributed by atoms with Gasteiger partial charge in [-0.05, 0) is 91.0 Å². The molecule has 3 rings (SSSR count). The number of aliphatic imine (C=N–C) groups is 1. The molecular formula is C23H45N5O. The van der Waals surface area contributed by atoms with Crippen molar-refractivity contribution in [2.75, 3.05) is 73.1 Å². The molecule has 3 saturated heterocycles. The Balaban J connectivity index is 1.63. The second-order valence-electron chi connectivity index (χ2n) is 9.51. The molecule has 0 bridgehead atoms. The predicted octanol–water partition coefficient (Wildman–Crippen LogP) is 2.65. The quantitative estimate of drug-likeness (QED) is 0.519. The highest BCUT2D eigenvalue weighted by atomic mass is 16.5. The van der Waals surface area contributed by atoms with Crippen LogP contribution in [0.1, 0.15) is 58.3 Å². The molecule has 0 aromatic rings. The van der Waals surface area contributed by atoms with Crippen molar-refractivity contribution < 1.29 is 4.74 Å². The fourth-order valence-electron chi connectivity index (χ4n) is 5.19. The van der Waals surface area contributed by atoms with Crippen molar-refractivity contribution >= 4 is 5.96 Å². The van der Waals surface area contributed by atoms with Crippen LogP contribution < -0.4 is 5.32 Å². The first kappa shape index (κ1) is 22.8. The number of hydrogen-bond acceptors (Lipinski definition) is 4. The summed E-state index contributed by atoms with van der Waals surface area (Å²) >= 11 is 0. The average molecular weight is 408 g/mol. The van der Waals surface area contributed by atoms with Crippen LogP contribution in [0.5, 0.6) is 0 Å². The zero-order valence-corrected chi connectivity index (χ0v) is 19.3. The summed E-state index contributed by atoms with van der Waals surface area (Å²) in [6, 6.07) is 0. The smallest absolute Gasteiger partial charge is 0.193 e. The van der Waals surface area contributed by atoms with Gasteiger partial charge in [0, 0.05) is 38.9 Å². The van der Waals surface area contributed by atoms with Crippen LogP contribution in [0.2, 0.25) is 0 Å². The van der Waals surface area contributed by atoms with Gasteiger partial charge >= 0.3 is 0 Å². The largest absolute Gasteiger partial charge is 0.381 e. The zero-order chi connectivity index (χ0) is 20.5. The highest BCUT2D eigenvalue weighted by molar-refractivity contribution is 5.79. The van der Waals surface area contributed by atoms with E-state index in [-0.39, 0.29) is 5.54 Å². The van der Waals surface area contributed by atoms with Crippen molar-refractivity contribution in [3.8, 4) is 0 Å². The molecule has 0 unspecified atom stereocenters. The second-order valence-corrected chi connectivity index (χ2v) is 9.51. The molecule has 0 radical (unpaired) electrons. The number of likely N-dealkylation sites (tertiary alicyclic amines) is 2. The minimum atomic E-state index is 0.259. The lowest BCUT2D eigenvalue weighted by atomic mass is 9.84. The Morgan fingerprint density at radius 1 is 1.10 bits per heavy atom. The summed E-state index contributed by atoms with van der Waals surface area (Å²) in [5, 5.41) is 3.56. The normalized spacial score (nSPS) is 25.1. The van der Waals surface area contributed by atoms with Gasteiger partial charge in [0.15, 0.2) is 5.96 Å². The number of piperidine rings is 2. The SMILES string of the molecule is CCNC(=NCC1(N2CCCCC2)CCN(C)CC1)N(C)CCC1CCOCC1. The Morgan fingerprint density at radius 2 is 1.79 bits per heavy atom. The maximum absolute atomic E-state index is 5.52. The lowest BCUT2D eigenvalue weighted by molar-refractivity contribution is 0.0206. The van der Waals surface area contributed by atoms with E-state index < -0.39 is 0 Å². The van der Waals surface area contributed by atoms with E-state index in [2.05, 4.69) is 41.0 Å². The van der Waals surface area contributed by atoms with E-state index in [0.29, 0.717) is 0 Å². The van der Waals surface area contributed by atoms with Crippen LogP contribution in [0.25, 0.3) is 0 Å². The second kappa shape index (κ2) is 11.5. The highest BCUT2D eigenvalue weighted by Crippen LogP contribution is 2.31. The van der Waals surface area contributed by atoms with Gasteiger partial charge in [-0.3, -0.25) is 9.89 Å². The number of guanidine groups is 1. The molecule has 3 aliphatic heterocycles. The molecule has 3 heterocycles. The molecule has 0 aromatic heterocycles. The fraction of sp³-hybridized carbons (Fsp3) is 0.957. The first-order valence-corrected chi connectivity index (χ1v) is 12.1. The van der Waals surface area contributed by atoms with E-state index >= 15 is 0 Å². The maximum Gasteiger partial charge on any atom is 0.193 e. The monoisotopic (exact) mass is 407 g/mol. The molecule has 0 atom stereocenters. The van der Waals surface area contributed by atoms with Crippen LogP contribution in [0.4, 0.5) is 0 Å². The fourth-order valence-corrected chi connectivity index (χ4v) is 5.19. The van der Waals surface area contributed by atoms with Gasteiger partial charge in [0.1, 0.15) is 0 Å². The molecule has 6 heteroatoms. The van der Waals surface area contributed by atoms with Gasteiger partial charge in [-0.1, -0.05) is 6.42 Å². The van der Waals surface area contributed by atoms with Gasteiger partial charge in [0.05, 0.1) is 6.54 Å². The summed E-state index contributed by atoms with van der Waals surface area (Å²) in [5.74, 6) is 1.90. The lowest BCUT2D eigenvalue weighted by Gasteiger charge is -2.49. The summed E-state index contributed by atoms with van der Waals surface area (Å²) in [7, 11) is 4.47. The highest BCUT2D eigenvalue weighted by Gasteiger charge is 2.39. The van der Waals surface area contributed by atoms with Crippen LogP contribution in [-0.2, 0) is 4.74 Å². The molecule has 3 aliphatic rings. The molecule has 0 spiro atoms. The van der Waals surface area contributed by atoms with Crippen LogP contribution in [-0.4, -0.2) is 99.3 Å². The molecule has 0 amide bonds. The van der Waals surface area contributed by atoms with Gasteiger partial charge in [-0.2, -0.15) is 0 Å². The number of hydrogen-bond donors (Lipinski definition) is 1. The summed E-state index contributed by atoms with van der Waals surface area (Å²) in [6.45, 7) is 11.9. The van der Waals surface area contributed by atoms with Crippen molar-refractivity contribution in [2.45, 2.75) is 63.8 Å². The minimum Gasteiger partial charge on any atom is -0.381 e. The number of nitrogens with zero attached hydrogens (tertiary/aromatic N) is 4. The molecular weight excluding hydrogens is 362 g/mol. The maximum atomic E-state index is 5.52. The summed E-state index contributed by atoms with van der Waals surface area (Å²) in [6.07, 6.45) is 10.3. The Hall–Kier alpha value is -0.850. The summed E-state index contributed by atoms with van der Waals surface area (Å²) in [4.78, 5) is 12.9. The Kier molecular flexibility index (Phi) is 9.07. The molecule has 3 fully saturated rings. The van der Waals surface area contributed by atoms with Crippen LogP contribution in [0.3, 0.4) is 0 Å². The van der Waals surface area contributed by atoms with Gasteiger partial charge < -0.3 is 19.9 Å². The molecule has 6 nitrogen and oxygen atoms in total. The first-order chi connectivity index (χ1) is 14.1. The van der Waals surface area contributed by atoms with E-state index in [1.54, 1.807) is 0 Å². The topological polar surface area (TPSA) is 43.3 Å². The summed E-state index contributed by atoms with van der Waals surface area (Å²) < 4.78 is 5.52. The van der Waals surface area contributed by atoms with Crippen LogP contribution in [0, 0.1) is 5.92 Å². The van der Waals surface area contributed by atoms with Crippen molar-refractivity contribution in [1.82, 2.24) is 20.0 Å². The van der Waals surface area contributed by atoms with Gasteiger partial charge in [-0.15, -0.1) is 0 Å². The third kappa shape index (κ3) is 6.56. The van der Waals surface area contributed by atoms with Crippen LogP contribution >= 0.6 is 0 Å². The Labute approximate surface area is 179 Å². The Bertz CT molecular complexity index is 491. The van der Waals surface area contributed by atoms with Gasteiger partial charge in [0.2, 0.25) is 0 Å². The standard InChI is InChI=1S/C23H45N5O/c1-4-24-22(27(3)15-8-21-9-18-29-19-10-21)25-20-23(11-16-26(2)17-12-23)28-13-6-5-7-14-28/h21H,4-20H2,1-3H3,(H,24,25). The van der Waals surface area contributed by atoms with E-state index in [1.165, 1.54) is 77.5 Å². The van der Waals surface area contributed by atoms with E-state index in [0.717, 1.165) is 44.7 Å². The average Bonchev–Trinajstić information content (AvgIpc) is 2.77.